The molecule has 2 aromatic carbocycles. The van der Waals surface area contributed by atoms with Crippen molar-refractivity contribution in [2.75, 3.05) is 0 Å². The van der Waals surface area contributed by atoms with E-state index in [4.69, 9.17) is 18.8 Å². The molecule has 42 heavy (non-hydrogen) atoms. The van der Waals surface area contributed by atoms with E-state index in [1.165, 1.54) is 0 Å². The summed E-state index contributed by atoms with van der Waals surface area (Å²) >= 11 is 19.8. The highest BCUT2D eigenvalue weighted by Gasteiger charge is 2.53. The van der Waals surface area contributed by atoms with Crippen LogP contribution in [0.4, 0.5) is 8.78 Å². The van der Waals surface area contributed by atoms with Gasteiger partial charge in [-0.1, -0.05) is 31.9 Å². The summed E-state index contributed by atoms with van der Waals surface area (Å²) in [6, 6.07) is 6.50. The molecular weight excluding hydrogens is 982 g/mol. The molecule has 0 spiro atoms. The van der Waals surface area contributed by atoms with Crippen LogP contribution in [0.15, 0.2) is 51.1 Å². The van der Waals surface area contributed by atoms with E-state index in [9.17, 15) is 31.6 Å². The second-order valence-corrected chi connectivity index (χ2v) is 15.9. The molecular formula is C24H18Br6F2O9S. The zero-order valence-electron chi connectivity index (χ0n) is 20.9. The second kappa shape index (κ2) is 14.3. The largest absolute Gasteiger partial charge is 0.455 e. The van der Waals surface area contributed by atoms with Gasteiger partial charge in [-0.15, -0.1) is 0 Å². The predicted molar refractivity (Wildman–Crippen MR) is 167 cm³/mol. The van der Waals surface area contributed by atoms with Gasteiger partial charge in [-0.25, -0.2) is 0 Å². The molecule has 1 saturated carbocycles. The molecule has 1 aliphatic rings. The van der Waals surface area contributed by atoms with Gasteiger partial charge in [-0.05, 0) is 114 Å². The molecule has 0 saturated heterocycles. The van der Waals surface area contributed by atoms with Crippen LogP contribution in [0.3, 0.4) is 0 Å². The molecule has 230 valence electrons. The van der Waals surface area contributed by atoms with E-state index in [1.807, 2.05) is 0 Å². The Hall–Kier alpha value is -0.500. The summed E-state index contributed by atoms with van der Waals surface area (Å²) < 4.78 is 78.0. The van der Waals surface area contributed by atoms with Crippen molar-refractivity contribution < 1.29 is 50.3 Å². The number of hydrogen-bond acceptors (Lipinski definition) is 8. The lowest BCUT2D eigenvalue weighted by Crippen LogP contribution is -2.44. The van der Waals surface area contributed by atoms with Crippen LogP contribution in [-0.4, -0.2) is 42.2 Å². The number of hydrogen-bond donors (Lipinski definition) is 1. The Morgan fingerprint density at radius 2 is 1.07 bits per heavy atom. The average molecular weight is 1000 g/mol. The number of esters is 3. The van der Waals surface area contributed by atoms with E-state index in [-0.39, 0.29) is 30.8 Å². The highest BCUT2D eigenvalue weighted by molar-refractivity contribution is 9.12. The average Bonchev–Trinajstić information content (AvgIpc) is 2.86. The first-order valence-corrected chi connectivity index (χ1v) is 17.8. The molecule has 9 nitrogen and oxygen atoms in total. The molecule has 2 aromatic rings. The van der Waals surface area contributed by atoms with Crippen molar-refractivity contribution in [2.24, 2.45) is 17.8 Å². The molecule has 18 heteroatoms. The summed E-state index contributed by atoms with van der Waals surface area (Å²) in [5.74, 6) is -6.18. The minimum atomic E-state index is -5.90. The summed E-state index contributed by atoms with van der Waals surface area (Å²) in [6.07, 6.45) is -3.20. The number of ether oxygens (including phenoxy) is 3. The van der Waals surface area contributed by atoms with Crippen molar-refractivity contribution in [2.45, 2.75) is 37.5 Å². The van der Waals surface area contributed by atoms with Gasteiger partial charge in [0.2, 0.25) is 0 Å². The maximum absolute atomic E-state index is 14.1. The first-order chi connectivity index (χ1) is 19.3. The molecule has 1 fully saturated rings. The lowest BCUT2D eigenvalue weighted by molar-refractivity contribution is -0.168. The minimum Gasteiger partial charge on any atom is -0.455 e. The van der Waals surface area contributed by atoms with Crippen molar-refractivity contribution >= 4 is 124 Å². The highest BCUT2D eigenvalue weighted by Crippen LogP contribution is 2.42. The SMILES string of the molecule is CC(OC(=O)C1CC(C(=O)Oc2c(Br)cc(Br)cc2Br)CC(C(=O)Oc2c(Br)cc(Br)cc2Br)C1)C(F)(F)S(=O)(=O)O. The minimum absolute atomic E-state index is 0.115. The van der Waals surface area contributed by atoms with Crippen molar-refractivity contribution in [3.63, 3.8) is 0 Å². The molecule has 0 bridgehead atoms. The maximum Gasteiger partial charge on any atom is 0.405 e. The first-order valence-electron chi connectivity index (χ1n) is 11.6. The third-order valence-corrected chi connectivity index (χ3v) is 10.4. The topological polar surface area (TPSA) is 133 Å². The van der Waals surface area contributed by atoms with Crippen molar-refractivity contribution in [3.8, 4) is 11.5 Å². The summed E-state index contributed by atoms with van der Waals surface area (Å²) in [5, 5.41) is -4.80. The van der Waals surface area contributed by atoms with Crippen LogP contribution < -0.4 is 9.47 Å². The molecule has 3 rings (SSSR count). The van der Waals surface area contributed by atoms with Crippen molar-refractivity contribution in [1.82, 2.24) is 0 Å². The van der Waals surface area contributed by atoms with Gasteiger partial charge in [-0.2, -0.15) is 17.2 Å². The molecule has 3 atom stereocenters. The fraction of sp³-hybridized carbons (Fsp3) is 0.375. The van der Waals surface area contributed by atoms with Crippen LogP contribution in [0.25, 0.3) is 0 Å². The van der Waals surface area contributed by atoms with Crippen LogP contribution in [0.2, 0.25) is 0 Å². The van der Waals surface area contributed by atoms with Gasteiger partial charge in [0, 0.05) is 8.95 Å². The number of carbonyl (C=O) groups excluding carboxylic acids is 3. The van der Waals surface area contributed by atoms with Crippen LogP contribution >= 0.6 is 95.6 Å². The van der Waals surface area contributed by atoms with Crippen LogP contribution in [0.1, 0.15) is 26.2 Å². The summed E-state index contributed by atoms with van der Waals surface area (Å²) in [4.78, 5) is 39.5. The molecule has 1 aliphatic carbocycles. The van der Waals surface area contributed by atoms with E-state index < -0.39 is 57.1 Å². The van der Waals surface area contributed by atoms with E-state index in [0.717, 1.165) is 0 Å². The molecule has 1 N–H and O–H groups in total. The third-order valence-electron chi connectivity index (χ3n) is 6.15. The van der Waals surface area contributed by atoms with E-state index in [2.05, 4.69) is 95.6 Å². The van der Waals surface area contributed by atoms with E-state index in [0.29, 0.717) is 33.8 Å². The van der Waals surface area contributed by atoms with Crippen molar-refractivity contribution in [1.29, 1.82) is 0 Å². The lowest BCUT2D eigenvalue weighted by Gasteiger charge is -2.32. The summed E-state index contributed by atoms with van der Waals surface area (Å²) in [7, 11) is -5.90. The van der Waals surface area contributed by atoms with Crippen LogP contribution in [-0.2, 0) is 29.2 Å². The third kappa shape index (κ3) is 8.60. The van der Waals surface area contributed by atoms with E-state index in [1.54, 1.807) is 24.3 Å². The summed E-state index contributed by atoms with van der Waals surface area (Å²) in [6.45, 7) is 0.594. The molecule has 0 heterocycles. The molecule has 0 amide bonds. The Balaban J connectivity index is 1.89. The Labute approximate surface area is 289 Å². The number of alkyl halides is 2. The fourth-order valence-corrected chi connectivity index (χ4v) is 9.37. The summed E-state index contributed by atoms with van der Waals surface area (Å²) in [5.41, 5.74) is 0. The number of rotatable bonds is 8. The molecule has 0 radical (unpaired) electrons. The number of carbonyl (C=O) groups is 3. The standard InChI is InChI=1S/C24H18Br6F2O9S/c1-9(24(31,32)42(36,37)38)39-21(33)10-2-11(22(34)40-19-15(27)5-13(25)6-16(19)28)4-12(3-10)23(35)41-20-17(29)7-14(26)8-18(20)30/h5-12H,2-4H2,1H3,(H,36,37,38). The number of halogens is 8. The zero-order chi connectivity index (χ0) is 31.7. The lowest BCUT2D eigenvalue weighted by atomic mass is 9.75. The van der Waals surface area contributed by atoms with Gasteiger partial charge in [0.1, 0.15) is 0 Å². The van der Waals surface area contributed by atoms with Gasteiger partial charge < -0.3 is 14.2 Å². The molecule has 3 unspecified atom stereocenters. The van der Waals surface area contributed by atoms with Gasteiger partial charge in [0.25, 0.3) is 0 Å². The first kappa shape index (κ1) is 36.0. The maximum atomic E-state index is 14.1. The van der Waals surface area contributed by atoms with Gasteiger partial charge in [0.05, 0.1) is 35.6 Å². The van der Waals surface area contributed by atoms with Gasteiger partial charge in [-0.3, -0.25) is 18.9 Å². The zero-order valence-corrected chi connectivity index (χ0v) is 31.2. The Kier molecular flexibility index (Phi) is 12.2. The van der Waals surface area contributed by atoms with Crippen LogP contribution in [0, 0.1) is 17.8 Å². The normalized spacial score (nSPS) is 20.0. The van der Waals surface area contributed by atoms with Gasteiger partial charge >= 0.3 is 33.3 Å². The quantitative estimate of drug-likeness (QED) is 0.158. The predicted octanol–water partition coefficient (Wildman–Crippen LogP) is 8.22. The molecule has 0 aliphatic heterocycles. The number of benzene rings is 2. The van der Waals surface area contributed by atoms with Crippen molar-refractivity contribution in [3.05, 3.63) is 51.1 Å². The Bertz CT molecular complexity index is 1400. The molecule has 0 aromatic heterocycles. The Morgan fingerprint density at radius 1 is 0.762 bits per heavy atom. The highest BCUT2D eigenvalue weighted by atomic mass is 79.9. The van der Waals surface area contributed by atoms with Crippen LogP contribution in [0.5, 0.6) is 11.5 Å². The monoisotopic (exact) mass is 994 g/mol. The smallest absolute Gasteiger partial charge is 0.405 e. The fourth-order valence-electron chi connectivity index (χ4n) is 4.07. The second-order valence-electron chi connectivity index (χ2n) is 9.15. The van der Waals surface area contributed by atoms with E-state index >= 15 is 0 Å². The van der Waals surface area contributed by atoms with Gasteiger partial charge in [0.15, 0.2) is 17.6 Å². The Morgan fingerprint density at radius 3 is 1.38 bits per heavy atom.